The van der Waals surface area contributed by atoms with Gasteiger partial charge in [0.25, 0.3) is 0 Å². The van der Waals surface area contributed by atoms with Gasteiger partial charge in [0, 0.05) is 6.54 Å². The van der Waals surface area contributed by atoms with Gasteiger partial charge in [-0.05, 0) is 56.5 Å². The summed E-state index contributed by atoms with van der Waals surface area (Å²) in [6.45, 7) is 5.53. The van der Waals surface area contributed by atoms with Crippen molar-refractivity contribution < 1.29 is 9.53 Å². The third kappa shape index (κ3) is 6.36. The van der Waals surface area contributed by atoms with Crippen LogP contribution in [0, 0.1) is 5.92 Å². The molecule has 4 nitrogen and oxygen atoms in total. The van der Waals surface area contributed by atoms with Gasteiger partial charge in [-0.1, -0.05) is 12.1 Å². The molecule has 1 aromatic rings. The minimum absolute atomic E-state index is 0. The van der Waals surface area contributed by atoms with E-state index in [1.165, 1.54) is 12.8 Å². The summed E-state index contributed by atoms with van der Waals surface area (Å²) in [5, 5.41) is 6.39. The fourth-order valence-electron chi connectivity index (χ4n) is 2.47. The SMILES string of the molecule is CCOc1ccc(CC(=O)NCC2CCCNC2)cc1.Cl. The second-order valence-electron chi connectivity index (χ2n) is 5.27. The van der Waals surface area contributed by atoms with Gasteiger partial charge in [-0.3, -0.25) is 4.79 Å². The fraction of sp³-hybridized carbons (Fsp3) is 0.562. The van der Waals surface area contributed by atoms with E-state index in [4.69, 9.17) is 4.74 Å². The first-order valence-electron chi connectivity index (χ1n) is 7.47. The standard InChI is InChI=1S/C16H24N2O2.ClH/c1-2-20-15-7-5-13(6-8-15)10-16(19)18-12-14-4-3-9-17-11-14;/h5-8,14,17H,2-4,9-12H2,1H3,(H,18,19);1H. The molecule has 1 fully saturated rings. The van der Waals surface area contributed by atoms with E-state index in [1.807, 2.05) is 31.2 Å². The molecule has 1 amide bonds. The Bertz CT molecular complexity index is 417. The minimum Gasteiger partial charge on any atom is -0.494 e. The predicted molar refractivity (Wildman–Crippen MR) is 87.2 cm³/mol. The quantitative estimate of drug-likeness (QED) is 0.846. The molecule has 1 aromatic carbocycles. The number of carbonyl (C=O) groups is 1. The molecule has 1 atom stereocenters. The van der Waals surface area contributed by atoms with E-state index < -0.39 is 0 Å². The van der Waals surface area contributed by atoms with Gasteiger partial charge in [-0.15, -0.1) is 12.4 Å². The average molecular weight is 313 g/mol. The van der Waals surface area contributed by atoms with Crippen LogP contribution in [0.2, 0.25) is 0 Å². The predicted octanol–water partition coefficient (Wildman–Crippen LogP) is 2.17. The van der Waals surface area contributed by atoms with Crippen LogP contribution in [0.4, 0.5) is 0 Å². The Morgan fingerprint density at radius 2 is 2.14 bits per heavy atom. The third-order valence-electron chi connectivity index (χ3n) is 3.59. The summed E-state index contributed by atoms with van der Waals surface area (Å²) in [7, 11) is 0. The van der Waals surface area contributed by atoms with Crippen molar-refractivity contribution >= 4 is 18.3 Å². The molecule has 0 spiro atoms. The number of amides is 1. The molecule has 1 saturated heterocycles. The van der Waals surface area contributed by atoms with E-state index in [0.29, 0.717) is 18.9 Å². The molecule has 21 heavy (non-hydrogen) atoms. The van der Waals surface area contributed by atoms with E-state index in [-0.39, 0.29) is 18.3 Å². The number of piperidine rings is 1. The lowest BCUT2D eigenvalue weighted by Crippen LogP contribution is -2.38. The molecular formula is C16H25ClN2O2. The number of carbonyl (C=O) groups excluding carboxylic acids is 1. The fourth-order valence-corrected chi connectivity index (χ4v) is 2.47. The summed E-state index contributed by atoms with van der Waals surface area (Å²) in [5.41, 5.74) is 1.02. The van der Waals surface area contributed by atoms with E-state index in [0.717, 1.165) is 30.9 Å². The maximum Gasteiger partial charge on any atom is 0.224 e. The summed E-state index contributed by atoms with van der Waals surface area (Å²) >= 11 is 0. The number of hydrogen-bond donors (Lipinski definition) is 2. The molecule has 1 unspecified atom stereocenters. The maximum absolute atomic E-state index is 11.9. The Balaban J connectivity index is 0.00000220. The van der Waals surface area contributed by atoms with Gasteiger partial charge in [0.1, 0.15) is 5.75 Å². The summed E-state index contributed by atoms with van der Waals surface area (Å²) in [4.78, 5) is 11.9. The van der Waals surface area contributed by atoms with Crippen LogP contribution in [0.25, 0.3) is 0 Å². The molecule has 0 aliphatic carbocycles. The van der Waals surface area contributed by atoms with Crippen LogP contribution in [0.1, 0.15) is 25.3 Å². The topological polar surface area (TPSA) is 50.4 Å². The zero-order valence-electron chi connectivity index (χ0n) is 12.6. The molecule has 118 valence electrons. The maximum atomic E-state index is 11.9. The second kappa shape index (κ2) is 9.64. The van der Waals surface area contributed by atoms with Crippen molar-refractivity contribution in [3.63, 3.8) is 0 Å². The number of benzene rings is 1. The highest BCUT2D eigenvalue weighted by molar-refractivity contribution is 5.85. The van der Waals surface area contributed by atoms with Gasteiger partial charge in [0.2, 0.25) is 5.91 Å². The molecule has 1 aliphatic heterocycles. The Morgan fingerprint density at radius 3 is 2.76 bits per heavy atom. The van der Waals surface area contributed by atoms with E-state index in [2.05, 4.69) is 10.6 Å². The molecule has 5 heteroatoms. The summed E-state index contributed by atoms with van der Waals surface area (Å²) in [6.07, 6.45) is 2.85. The molecule has 0 bridgehead atoms. The van der Waals surface area contributed by atoms with Crippen LogP contribution < -0.4 is 15.4 Å². The largest absolute Gasteiger partial charge is 0.494 e. The van der Waals surface area contributed by atoms with Crippen molar-refractivity contribution in [3.05, 3.63) is 29.8 Å². The van der Waals surface area contributed by atoms with Crippen molar-refractivity contribution in [1.82, 2.24) is 10.6 Å². The normalized spacial score (nSPS) is 17.7. The summed E-state index contributed by atoms with van der Waals surface area (Å²) < 4.78 is 5.39. The van der Waals surface area contributed by atoms with Crippen molar-refractivity contribution in [1.29, 1.82) is 0 Å². The van der Waals surface area contributed by atoms with Crippen molar-refractivity contribution in [2.45, 2.75) is 26.2 Å². The minimum atomic E-state index is 0. The van der Waals surface area contributed by atoms with Crippen LogP contribution >= 0.6 is 12.4 Å². The molecular weight excluding hydrogens is 288 g/mol. The third-order valence-corrected chi connectivity index (χ3v) is 3.59. The molecule has 2 rings (SSSR count). The summed E-state index contributed by atoms with van der Waals surface area (Å²) in [5.74, 6) is 1.53. The monoisotopic (exact) mass is 312 g/mol. The van der Waals surface area contributed by atoms with Crippen LogP contribution in [-0.2, 0) is 11.2 Å². The smallest absolute Gasteiger partial charge is 0.224 e. The van der Waals surface area contributed by atoms with Crippen LogP contribution in [-0.4, -0.2) is 32.1 Å². The average Bonchev–Trinajstić information content (AvgIpc) is 2.49. The highest BCUT2D eigenvalue weighted by Crippen LogP contribution is 2.12. The van der Waals surface area contributed by atoms with Crippen molar-refractivity contribution in [3.8, 4) is 5.75 Å². The van der Waals surface area contributed by atoms with Crippen molar-refractivity contribution in [2.24, 2.45) is 5.92 Å². The molecule has 1 aliphatic rings. The lowest BCUT2D eigenvalue weighted by atomic mass is 10.00. The zero-order valence-corrected chi connectivity index (χ0v) is 13.4. The first-order valence-corrected chi connectivity index (χ1v) is 7.47. The highest BCUT2D eigenvalue weighted by Gasteiger charge is 2.13. The summed E-state index contributed by atoms with van der Waals surface area (Å²) in [6, 6.07) is 7.73. The highest BCUT2D eigenvalue weighted by atomic mass is 35.5. The van der Waals surface area contributed by atoms with E-state index in [9.17, 15) is 4.79 Å². The Morgan fingerprint density at radius 1 is 1.38 bits per heavy atom. The van der Waals surface area contributed by atoms with E-state index >= 15 is 0 Å². The lowest BCUT2D eigenvalue weighted by Gasteiger charge is -2.22. The molecule has 0 radical (unpaired) electrons. The molecule has 2 N–H and O–H groups in total. The zero-order chi connectivity index (χ0) is 14.2. The lowest BCUT2D eigenvalue weighted by molar-refractivity contribution is -0.120. The van der Waals surface area contributed by atoms with Crippen LogP contribution in [0.3, 0.4) is 0 Å². The number of ether oxygens (including phenoxy) is 1. The van der Waals surface area contributed by atoms with Gasteiger partial charge >= 0.3 is 0 Å². The van der Waals surface area contributed by atoms with Crippen molar-refractivity contribution in [2.75, 3.05) is 26.2 Å². The number of halogens is 1. The van der Waals surface area contributed by atoms with Gasteiger partial charge < -0.3 is 15.4 Å². The van der Waals surface area contributed by atoms with Gasteiger partial charge in [0.15, 0.2) is 0 Å². The van der Waals surface area contributed by atoms with Crippen LogP contribution in [0.5, 0.6) is 5.75 Å². The number of hydrogen-bond acceptors (Lipinski definition) is 3. The number of rotatable bonds is 6. The van der Waals surface area contributed by atoms with Gasteiger partial charge in [0.05, 0.1) is 13.0 Å². The van der Waals surface area contributed by atoms with Crippen LogP contribution in [0.15, 0.2) is 24.3 Å². The Labute approximate surface area is 133 Å². The van der Waals surface area contributed by atoms with Gasteiger partial charge in [-0.2, -0.15) is 0 Å². The first-order chi connectivity index (χ1) is 9.78. The Hall–Kier alpha value is -1.26. The molecule has 0 saturated carbocycles. The first kappa shape index (κ1) is 17.8. The second-order valence-corrected chi connectivity index (χ2v) is 5.27. The number of nitrogens with one attached hydrogen (secondary N) is 2. The molecule has 0 aromatic heterocycles. The van der Waals surface area contributed by atoms with E-state index in [1.54, 1.807) is 0 Å². The Kier molecular flexibility index (Phi) is 8.16. The molecule has 1 heterocycles. The van der Waals surface area contributed by atoms with Gasteiger partial charge in [-0.25, -0.2) is 0 Å².